The molecule has 0 unspecified atom stereocenters. The van der Waals surface area contributed by atoms with Gasteiger partial charge in [-0.2, -0.15) is 0 Å². The quantitative estimate of drug-likeness (QED) is 0.814. The molecule has 0 N–H and O–H groups in total. The molecule has 0 bridgehead atoms. The van der Waals surface area contributed by atoms with Crippen LogP contribution in [0.25, 0.3) is 11.0 Å². The van der Waals surface area contributed by atoms with Crippen LogP contribution in [0.4, 0.5) is 0 Å². The molecule has 2 aromatic rings. The summed E-state index contributed by atoms with van der Waals surface area (Å²) in [7, 11) is 0. The lowest BCUT2D eigenvalue weighted by Crippen LogP contribution is -1.94. The van der Waals surface area contributed by atoms with Crippen LogP contribution >= 0.6 is 15.9 Å². The van der Waals surface area contributed by atoms with Gasteiger partial charge in [-0.05, 0) is 40.4 Å². The summed E-state index contributed by atoms with van der Waals surface area (Å²) < 4.78 is 6.25. The van der Waals surface area contributed by atoms with Gasteiger partial charge in [0.25, 0.3) is 0 Å². The fraction of sp³-hybridized carbons (Fsp3) is 0.364. The minimum absolute atomic E-state index is 0.599. The van der Waals surface area contributed by atoms with Gasteiger partial charge in [0.05, 0.1) is 10.2 Å². The summed E-state index contributed by atoms with van der Waals surface area (Å²) in [6.45, 7) is 4.36. The Kier molecular flexibility index (Phi) is 2.59. The molecule has 14 heavy (non-hydrogen) atoms. The highest BCUT2D eigenvalue weighted by molar-refractivity contribution is 9.10. The molecular formula is C11H12BrNO. The lowest BCUT2D eigenvalue weighted by Gasteiger charge is -1.99. The Morgan fingerprint density at radius 1 is 1.43 bits per heavy atom. The third-order valence-corrected chi connectivity index (χ3v) is 2.75. The van der Waals surface area contributed by atoms with Crippen molar-refractivity contribution < 1.29 is 4.52 Å². The van der Waals surface area contributed by atoms with Gasteiger partial charge in [-0.3, -0.25) is 0 Å². The number of benzene rings is 1. The lowest BCUT2D eigenvalue weighted by molar-refractivity contribution is 0.438. The molecule has 74 valence electrons. The van der Waals surface area contributed by atoms with Gasteiger partial charge in [0.2, 0.25) is 0 Å². The first-order valence-electron chi connectivity index (χ1n) is 4.71. The average molecular weight is 254 g/mol. The van der Waals surface area contributed by atoms with Crippen molar-refractivity contribution in [2.75, 3.05) is 0 Å². The number of halogens is 1. The number of para-hydroxylation sites is 1. The highest BCUT2D eigenvalue weighted by Gasteiger charge is 2.11. The van der Waals surface area contributed by atoms with E-state index in [4.69, 9.17) is 4.52 Å². The summed E-state index contributed by atoms with van der Waals surface area (Å²) in [5, 5.41) is 5.21. The molecule has 0 fully saturated rings. The Balaban J connectivity index is 2.52. The Hall–Kier alpha value is -0.830. The van der Waals surface area contributed by atoms with E-state index in [1.807, 2.05) is 18.2 Å². The first-order valence-corrected chi connectivity index (χ1v) is 5.50. The highest BCUT2D eigenvalue weighted by Crippen LogP contribution is 2.27. The molecule has 0 saturated heterocycles. The molecule has 0 saturated carbocycles. The van der Waals surface area contributed by atoms with Gasteiger partial charge >= 0.3 is 0 Å². The van der Waals surface area contributed by atoms with Crippen molar-refractivity contribution in [1.29, 1.82) is 0 Å². The van der Waals surface area contributed by atoms with Crippen LogP contribution in [0, 0.1) is 5.92 Å². The highest BCUT2D eigenvalue weighted by atomic mass is 79.9. The van der Waals surface area contributed by atoms with Gasteiger partial charge in [0.1, 0.15) is 0 Å². The van der Waals surface area contributed by atoms with Gasteiger partial charge in [-0.15, -0.1) is 0 Å². The van der Waals surface area contributed by atoms with E-state index < -0.39 is 0 Å². The van der Waals surface area contributed by atoms with E-state index in [1.54, 1.807) is 0 Å². The predicted octanol–water partition coefficient (Wildman–Crippen LogP) is 3.79. The fourth-order valence-corrected chi connectivity index (χ4v) is 1.95. The van der Waals surface area contributed by atoms with Crippen molar-refractivity contribution in [3.8, 4) is 0 Å². The zero-order chi connectivity index (χ0) is 10.1. The Morgan fingerprint density at radius 3 is 2.93 bits per heavy atom. The summed E-state index contributed by atoms with van der Waals surface area (Å²) in [6, 6.07) is 6.02. The smallest absolute Gasteiger partial charge is 0.181 e. The normalized spacial score (nSPS) is 11.4. The minimum atomic E-state index is 0.599. The number of aromatic nitrogens is 1. The van der Waals surface area contributed by atoms with E-state index in [0.717, 1.165) is 27.6 Å². The van der Waals surface area contributed by atoms with Crippen LogP contribution in [0.3, 0.4) is 0 Å². The third-order valence-electron chi connectivity index (χ3n) is 2.13. The van der Waals surface area contributed by atoms with Crippen molar-refractivity contribution >= 4 is 26.9 Å². The van der Waals surface area contributed by atoms with Crippen LogP contribution in [-0.4, -0.2) is 5.16 Å². The first-order chi connectivity index (χ1) is 6.68. The second-order valence-corrected chi connectivity index (χ2v) is 4.70. The van der Waals surface area contributed by atoms with Gasteiger partial charge in [-0.25, -0.2) is 0 Å². The number of hydrogen-bond acceptors (Lipinski definition) is 2. The Labute approximate surface area is 91.4 Å². The predicted molar refractivity (Wildman–Crippen MR) is 60.3 cm³/mol. The standard InChI is InChI=1S/C11H12BrNO/c1-7(2)6-10-8-4-3-5-9(12)11(8)14-13-10/h3-5,7H,6H2,1-2H3. The van der Waals surface area contributed by atoms with E-state index in [9.17, 15) is 0 Å². The number of rotatable bonds is 2. The molecule has 0 aliphatic rings. The molecule has 0 spiro atoms. The molecule has 0 radical (unpaired) electrons. The van der Waals surface area contributed by atoms with E-state index in [-0.39, 0.29) is 0 Å². The van der Waals surface area contributed by atoms with E-state index >= 15 is 0 Å². The first kappa shape index (κ1) is 9.71. The van der Waals surface area contributed by atoms with Gasteiger partial charge in [0, 0.05) is 5.39 Å². The SMILES string of the molecule is CC(C)Cc1noc2c(Br)cccc12. The van der Waals surface area contributed by atoms with E-state index in [2.05, 4.69) is 34.9 Å². The summed E-state index contributed by atoms with van der Waals surface area (Å²) in [5.41, 5.74) is 1.90. The lowest BCUT2D eigenvalue weighted by atomic mass is 10.1. The zero-order valence-corrected chi connectivity index (χ0v) is 9.84. The van der Waals surface area contributed by atoms with E-state index in [0.29, 0.717) is 5.92 Å². The maximum absolute atomic E-state index is 5.28. The van der Waals surface area contributed by atoms with Gasteiger partial charge < -0.3 is 4.52 Å². The zero-order valence-electron chi connectivity index (χ0n) is 8.25. The van der Waals surface area contributed by atoms with Crippen LogP contribution in [0.1, 0.15) is 19.5 Å². The second kappa shape index (κ2) is 3.73. The molecule has 1 aromatic carbocycles. The molecule has 0 amide bonds. The van der Waals surface area contributed by atoms with Crippen molar-refractivity contribution in [2.45, 2.75) is 20.3 Å². The maximum Gasteiger partial charge on any atom is 0.181 e. The van der Waals surface area contributed by atoms with Gasteiger partial charge in [-0.1, -0.05) is 25.1 Å². The molecule has 1 aromatic heterocycles. The molecule has 0 aliphatic carbocycles. The number of fused-ring (bicyclic) bond motifs is 1. The second-order valence-electron chi connectivity index (χ2n) is 3.84. The molecule has 0 atom stereocenters. The minimum Gasteiger partial charge on any atom is -0.355 e. The van der Waals surface area contributed by atoms with Crippen molar-refractivity contribution in [3.05, 3.63) is 28.4 Å². The average Bonchev–Trinajstić information content (AvgIpc) is 2.49. The monoisotopic (exact) mass is 253 g/mol. The van der Waals surface area contributed by atoms with Crippen molar-refractivity contribution in [2.24, 2.45) is 5.92 Å². The molecule has 2 rings (SSSR count). The van der Waals surface area contributed by atoms with Crippen LogP contribution < -0.4 is 0 Å². The van der Waals surface area contributed by atoms with E-state index in [1.165, 1.54) is 0 Å². The largest absolute Gasteiger partial charge is 0.355 e. The fourth-order valence-electron chi connectivity index (χ4n) is 1.51. The summed E-state index contributed by atoms with van der Waals surface area (Å²) in [4.78, 5) is 0. The van der Waals surface area contributed by atoms with Crippen LogP contribution in [-0.2, 0) is 6.42 Å². The maximum atomic E-state index is 5.28. The van der Waals surface area contributed by atoms with Crippen LogP contribution in [0.2, 0.25) is 0 Å². The molecule has 3 heteroatoms. The summed E-state index contributed by atoms with van der Waals surface area (Å²) in [6.07, 6.45) is 0.962. The van der Waals surface area contributed by atoms with Crippen LogP contribution in [0.5, 0.6) is 0 Å². The third kappa shape index (κ3) is 1.69. The van der Waals surface area contributed by atoms with Gasteiger partial charge in [0.15, 0.2) is 5.58 Å². The molecule has 2 nitrogen and oxygen atoms in total. The Bertz CT molecular complexity index is 447. The number of nitrogens with zero attached hydrogens (tertiary/aromatic N) is 1. The number of hydrogen-bond donors (Lipinski definition) is 0. The molecule has 0 aliphatic heterocycles. The summed E-state index contributed by atoms with van der Waals surface area (Å²) in [5.74, 6) is 0.599. The summed E-state index contributed by atoms with van der Waals surface area (Å²) >= 11 is 3.44. The molecular weight excluding hydrogens is 242 g/mol. The molecule has 1 heterocycles. The van der Waals surface area contributed by atoms with Crippen LogP contribution in [0.15, 0.2) is 27.2 Å². The van der Waals surface area contributed by atoms with Crippen molar-refractivity contribution in [1.82, 2.24) is 5.16 Å². The topological polar surface area (TPSA) is 26.0 Å². The van der Waals surface area contributed by atoms with Crippen molar-refractivity contribution in [3.63, 3.8) is 0 Å². The Morgan fingerprint density at radius 2 is 2.21 bits per heavy atom.